The maximum Gasteiger partial charge on any atom is 0.251 e. The van der Waals surface area contributed by atoms with E-state index in [0.717, 1.165) is 19.5 Å². The van der Waals surface area contributed by atoms with E-state index in [2.05, 4.69) is 24.5 Å². The van der Waals surface area contributed by atoms with Crippen LogP contribution >= 0.6 is 0 Å². The molecule has 1 heterocycles. The lowest BCUT2D eigenvalue weighted by Crippen LogP contribution is -2.54. The summed E-state index contributed by atoms with van der Waals surface area (Å²) in [5.74, 6) is -0.455. The number of amides is 1. The standard InChI is InChI=1S/C14H19FN2O/c1-14(2)9-16-8-7-12(14)17-13(18)10-3-5-11(15)6-4-10/h3-6,12,16H,7-9H2,1-2H3,(H,17,18). The molecule has 2 rings (SSSR count). The van der Waals surface area contributed by atoms with Crippen LogP contribution in [0.1, 0.15) is 30.6 Å². The van der Waals surface area contributed by atoms with Crippen molar-refractivity contribution in [3.8, 4) is 0 Å². The monoisotopic (exact) mass is 250 g/mol. The molecule has 98 valence electrons. The van der Waals surface area contributed by atoms with Gasteiger partial charge in [0.1, 0.15) is 5.82 Å². The molecule has 1 aliphatic heterocycles. The van der Waals surface area contributed by atoms with Crippen molar-refractivity contribution in [2.45, 2.75) is 26.3 Å². The molecule has 0 aromatic heterocycles. The van der Waals surface area contributed by atoms with Crippen LogP contribution in [0.25, 0.3) is 0 Å². The molecule has 1 aromatic carbocycles. The lowest BCUT2D eigenvalue weighted by Gasteiger charge is -2.39. The van der Waals surface area contributed by atoms with E-state index in [1.54, 1.807) is 0 Å². The Morgan fingerprint density at radius 2 is 2.06 bits per heavy atom. The first-order valence-corrected chi connectivity index (χ1v) is 6.26. The Morgan fingerprint density at radius 3 is 2.67 bits per heavy atom. The zero-order valence-corrected chi connectivity index (χ0v) is 10.8. The van der Waals surface area contributed by atoms with Gasteiger partial charge in [0.2, 0.25) is 0 Å². The van der Waals surface area contributed by atoms with Gasteiger partial charge in [-0.25, -0.2) is 4.39 Å². The fourth-order valence-electron chi connectivity index (χ4n) is 2.28. The normalized spacial score (nSPS) is 22.5. The minimum Gasteiger partial charge on any atom is -0.349 e. The van der Waals surface area contributed by atoms with Gasteiger partial charge in [0.15, 0.2) is 0 Å². The second-order valence-electron chi connectivity index (χ2n) is 5.49. The highest BCUT2D eigenvalue weighted by Crippen LogP contribution is 2.25. The zero-order valence-electron chi connectivity index (χ0n) is 10.8. The Hall–Kier alpha value is -1.42. The van der Waals surface area contributed by atoms with Gasteiger partial charge in [-0.2, -0.15) is 0 Å². The molecule has 18 heavy (non-hydrogen) atoms. The maximum atomic E-state index is 12.8. The highest BCUT2D eigenvalue weighted by atomic mass is 19.1. The van der Waals surface area contributed by atoms with E-state index in [9.17, 15) is 9.18 Å². The lowest BCUT2D eigenvalue weighted by molar-refractivity contribution is 0.0868. The van der Waals surface area contributed by atoms with Crippen LogP contribution in [-0.2, 0) is 0 Å². The van der Waals surface area contributed by atoms with E-state index in [1.165, 1.54) is 24.3 Å². The van der Waals surface area contributed by atoms with Gasteiger partial charge in [-0.15, -0.1) is 0 Å². The third-order valence-electron chi connectivity index (χ3n) is 3.55. The van der Waals surface area contributed by atoms with Gasteiger partial charge in [0, 0.05) is 18.2 Å². The topological polar surface area (TPSA) is 41.1 Å². The summed E-state index contributed by atoms with van der Waals surface area (Å²) in [6.45, 7) is 6.07. The number of carbonyl (C=O) groups is 1. The van der Waals surface area contributed by atoms with Gasteiger partial charge in [-0.3, -0.25) is 4.79 Å². The SMILES string of the molecule is CC1(C)CNCCC1NC(=O)c1ccc(F)cc1. The molecule has 1 aliphatic rings. The number of rotatable bonds is 2. The van der Waals surface area contributed by atoms with E-state index < -0.39 is 0 Å². The van der Waals surface area contributed by atoms with Crippen molar-refractivity contribution in [3.05, 3.63) is 35.6 Å². The Morgan fingerprint density at radius 1 is 1.39 bits per heavy atom. The van der Waals surface area contributed by atoms with Crippen molar-refractivity contribution >= 4 is 5.91 Å². The van der Waals surface area contributed by atoms with Crippen LogP contribution in [0.2, 0.25) is 0 Å². The largest absolute Gasteiger partial charge is 0.349 e. The molecule has 0 aliphatic carbocycles. The average molecular weight is 250 g/mol. The third kappa shape index (κ3) is 2.88. The van der Waals surface area contributed by atoms with E-state index in [0.29, 0.717) is 5.56 Å². The molecule has 0 bridgehead atoms. The van der Waals surface area contributed by atoms with Gasteiger partial charge in [-0.1, -0.05) is 13.8 Å². The Balaban J connectivity index is 2.04. The first-order chi connectivity index (χ1) is 8.49. The van der Waals surface area contributed by atoms with E-state index in [1.807, 2.05) is 0 Å². The number of nitrogens with one attached hydrogen (secondary N) is 2. The van der Waals surface area contributed by atoms with Gasteiger partial charge < -0.3 is 10.6 Å². The van der Waals surface area contributed by atoms with Crippen LogP contribution in [0.4, 0.5) is 4.39 Å². The number of carbonyl (C=O) groups excluding carboxylic acids is 1. The number of piperidine rings is 1. The van der Waals surface area contributed by atoms with Crippen molar-refractivity contribution in [1.82, 2.24) is 10.6 Å². The van der Waals surface area contributed by atoms with E-state index in [4.69, 9.17) is 0 Å². The summed E-state index contributed by atoms with van der Waals surface area (Å²) in [5.41, 5.74) is 0.541. The predicted molar refractivity (Wildman–Crippen MR) is 68.9 cm³/mol. The molecule has 1 atom stereocenters. The van der Waals surface area contributed by atoms with Crippen molar-refractivity contribution < 1.29 is 9.18 Å². The number of hydrogen-bond donors (Lipinski definition) is 2. The molecule has 0 radical (unpaired) electrons. The summed E-state index contributed by atoms with van der Waals surface area (Å²) in [6.07, 6.45) is 0.917. The highest BCUT2D eigenvalue weighted by Gasteiger charge is 2.33. The van der Waals surface area contributed by atoms with Gasteiger partial charge >= 0.3 is 0 Å². The first-order valence-electron chi connectivity index (χ1n) is 6.26. The average Bonchev–Trinajstić information content (AvgIpc) is 2.32. The molecular weight excluding hydrogens is 231 g/mol. The Bertz CT molecular complexity index is 428. The fourth-order valence-corrected chi connectivity index (χ4v) is 2.28. The molecular formula is C14H19FN2O. The molecule has 0 saturated carbocycles. The minimum atomic E-state index is -0.325. The summed E-state index contributed by atoms with van der Waals surface area (Å²) < 4.78 is 12.8. The molecule has 1 saturated heterocycles. The number of halogens is 1. The summed E-state index contributed by atoms with van der Waals surface area (Å²) in [5, 5.41) is 6.37. The van der Waals surface area contributed by atoms with E-state index >= 15 is 0 Å². The smallest absolute Gasteiger partial charge is 0.251 e. The molecule has 3 nitrogen and oxygen atoms in total. The summed E-state index contributed by atoms with van der Waals surface area (Å²) in [7, 11) is 0. The molecule has 1 aromatic rings. The van der Waals surface area contributed by atoms with Crippen LogP contribution in [0.3, 0.4) is 0 Å². The maximum absolute atomic E-state index is 12.8. The van der Waals surface area contributed by atoms with Crippen molar-refractivity contribution in [1.29, 1.82) is 0 Å². The van der Waals surface area contributed by atoms with Gasteiger partial charge in [0.05, 0.1) is 0 Å². The van der Waals surface area contributed by atoms with Gasteiger partial charge in [-0.05, 0) is 42.6 Å². The van der Waals surface area contributed by atoms with Crippen molar-refractivity contribution in [2.75, 3.05) is 13.1 Å². The third-order valence-corrected chi connectivity index (χ3v) is 3.55. The van der Waals surface area contributed by atoms with Gasteiger partial charge in [0.25, 0.3) is 5.91 Å². The summed E-state index contributed by atoms with van der Waals surface area (Å²) >= 11 is 0. The molecule has 0 spiro atoms. The lowest BCUT2D eigenvalue weighted by atomic mass is 9.80. The van der Waals surface area contributed by atoms with Crippen LogP contribution in [0, 0.1) is 11.2 Å². The second-order valence-corrected chi connectivity index (χ2v) is 5.49. The first kappa shape index (κ1) is 13.0. The van der Waals surface area contributed by atoms with E-state index in [-0.39, 0.29) is 23.2 Å². The molecule has 1 amide bonds. The fraction of sp³-hybridized carbons (Fsp3) is 0.500. The highest BCUT2D eigenvalue weighted by molar-refractivity contribution is 5.94. The molecule has 4 heteroatoms. The minimum absolute atomic E-state index is 0.0357. The van der Waals surface area contributed by atoms with Crippen LogP contribution in [0.15, 0.2) is 24.3 Å². The van der Waals surface area contributed by atoms with Crippen LogP contribution < -0.4 is 10.6 Å². The van der Waals surface area contributed by atoms with Crippen LogP contribution in [0.5, 0.6) is 0 Å². The van der Waals surface area contributed by atoms with Crippen LogP contribution in [-0.4, -0.2) is 25.0 Å². The number of benzene rings is 1. The van der Waals surface area contributed by atoms with Crippen molar-refractivity contribution in [3.63, 3.8) is 0 Å². The molecule has 1 fully saturated rings. The Kier molecular flexibility index (Phi) is 3.66. The summed E-state index contributed by atoms with van der Waals surface area (Å²) in [6, 6.07) is 5.79. The quantitative estimate of drug-likeness (QED) is 0.842. The van der Waals surface area contributed by atoms with Crippen molar-refractivity contribution in [2.24, 2.45) is 5.41 Å². The summed E-state index contributed by atoms with van der Waals surface area (Å²) in [4.78, 5) is 12.1. The molecule has 2 N–H and O–H groups in total. The number of hydrogen-bond acceptors (Lipinski definition) is 2. The second kappa shape index (κ2) is 5.06. The molecule has 1 unspecified atom stereocenters. The zero-order chi connectivity index (χ0) is 13.2. The predicted octanol–water partition coefficient (Wildman–Crippen LogP) is 1.94. The Labute approximate surface area is 107 Å².